The van der Waals surface area contributed by atoms with E-state index in [1.807, 2.05) is 0 Å². The highest BCUT2D eigenvalue weighted by Gasteiger charge is 2.16. The number of nitrogens with two attached hydrogens (primary N) is 1. The molecule has 0 spiro atoms. The van der Waals surface area contributed by atoms with Crippen LogP contribution in [0.4, 0.5) is 5.69 Å². The molecule has 0 saturated carbocycles. The fourth-order valence-electron chi connectivity index (χ4n) is 2.58. The van der Waals surface area contributed by atoms with Crippen molar-refractivity contribution in [3.8, 4) is 0 Å². The minimum atomic E-state index is -0.483. The van der Waals surface area contributed by atoms with E-state index in [-0.39, 0.29) is 12.5 Å². The van der Waals surface area contributed by atoms with Crippen molar-refractivity contribution in [2.75, 3.05) is 51.2 Å². The monoisotopic (exact) mass is 320 g/mol. The van der Waals surface area contributed by atoms with Crippen molar-refractivity contribution >= 4 is 17.5 Å². The Bertz CT molecular complexity index is 525. The summed E-state index contributed by atoms with van der Waals surface area (Å²) in [6, 6.07) is 6.54. The zero-order chi connectivity index (χ0) is 16.7. The van der Waals surface area contributed by atoms with Gasteiger partial charge in [0, 0.05) is 56.9 Å². The Kier molecular flexibility index (Phi) is 6.52. The first-order chi connectivity index (χ1) is 11.1. The Morgan fingerprint density at radius 2 is 1.61 bits per heavy atom. The SMILES string of the molecule is NC(=O)c1ccc(NC(=O)CCN2CCN(CCO)CC2)cc1. The number of benzene rings is 1. The van der Waals surface area contributed by atoms with Gasteiger partial charge in [-0.05, 0) is 24.3 Å². The summed E-state index contributed by atoms with van der Waals surface area (Å²) in [5, 5.41) is 11.7. The number of hydrogen-bond donors (Lipinski definition) is 3. The molecule has 0 bridgehead atoms. The number of hydrogen-bond acceptors (Lipinski definition) is 5. The molecule has 0 unspecified atom stereocenters. The van der Waals surface area contributed by atoms with E-state index in [1.54, 1.807) is 24.3 Å². The molecule has 1 aliphatic rings. The van der Waals surface area contributed by atoms with E-state index in [4.69, 9.17) is 10.8 Å². The van der Waals surface area contributed by atoms with Crippen LogP contribution in [0.1, 0.15) is 16.8 Å². The topological polar surface area (TPSA) is 98.9 Å². The van der Waals surface area contributed by atoms with E-state index in [0.29, 0.717) is 17.7 Å². The molecule has 0 atom stereocenters. The summed E-state index contributed by atoms with van der Waals surface area (Å²) in [6.07, 6.45) is 0.428. The third kappa shape index (κ3) is 5.63. The molecule has 0 radical (unpaired) electrons. The molecule has 23 heavy (non-hydrogen) atoms. The van der Waals surface area contributed by atoms with Gasteiger partial charge in [-0.2, -0.15) is 0 Å². The fourth-order valence-corrected chi connectivity index (χ4v) is 2.58. The van der Waals surface area contributed by atoms with Gasteiger partial charge >= 0.3 is 0 Å². The summed E-state index contributed by atoms with van der Waals surface area (Å²) in [5.74, 6) is -0.530. The lowest BCUT2D eigenvalue weighted by atomic mass is 10.2. The van der Waals surface area contributed by atoms with Gasteiger partial charge in [-0.15, -0.1) is 0 Å². The largest absolute Gasteiger partial charge is 0.395 e. The number of carbonyl (C=O) groups excluding carboxylic acids is 2. The summed E-state index contributed by atoms with van der Waals surface area (Å²) in [4.78, 5) is 27.4. The number of nitrogens with one attached hydrogen (secondary N) is 1. The number of anilines is 1. The van der Waals surface area contributed by atoms with E-state index in [1.165, 1.54) is 0 Å². The standard InChI is InChI=1S/C16H24N4O3/c17-16(23)13-1-3-14(4-2-13)18-15(22)5-6-19-7-9-20(10-8-19)11-12-21/h1-4,21H,5-12H2,(H2,17,23)(H,18,22). The number of amides is 2. The highest BCUT2D eigenvalue weighted by atomic mass is 16.3. The Balaban J connectivity index is 1.70. The molecule has 1 saturated heterocycles. The maximum absolute atomic E-state index is 12.0. The molecule has 126 valence electrons. The quantitative estimate of drug-likeness (QED) is 0.642. The molecule has 1 aromatic carbocycles. The second-order valence-electron chi connectivity index (χ2n) is 5.65. The van der Waals surface area contributed by atoms with Gasteiger partial charge in [0.1, 0.15) is 0 Å². The van der Waals surface area contributed by atoms with Crippen molar-refractivity contribution in [1.82, 2.24) is 9.80 Å². The number of primary amides is 1. The minimum Gasteiger partial charge on any atom is -0.395 e. The van der Waals surface area contributed by atoms with Gasteiger partial charge < -0.3 is 21.1 Å². The van der Waals surface area contributed by atoms with Crippen LogP contribution in [0, 0.1) is 0 Å². The van der Waals surface area contributed by atoms with Gasteiger partial charge in [-0.3, -0.25) is 14.5 Å². The Morgan fingerprint density at radius 3 is 2.13 bits per heavy atom. The molecule has 1 aromatic rings. The number of rotatable bonds is 7. The second-order valence-corrected chi connectivity index (χ2v) is 5.65. The average molecular weight is 320 g/mol. The summed E-state index contributed by atoms with van der Waals surface area (Å²) in [7, 11) is 0. The van der Waals surface area contributed by atoms with Crippen molar-refractivity contribution in [1.29, 1.82) is 0 Å². The highest BCUT2D eigenvalue weighted by molar-refractivity contribution is 5.94. The third-order valence-electron chi connectivity index (χ3n) is 3.99. The summed E-state index contributed by atoms with van der Waals surface area (Å²) >= 11 is 0. The molecule has 1 aliphatic heterocycles. The van der Waals surface area contributed by atoms with Crippen LogP contribution >= 0.6 is 0 Å². The minimum absolute atomic E-state index is 0.0467. The van der Waals surface area contributed by atoms with E-state index in [9.17, 15) is 9.59 Å². The van der Waals surface area contributed by atoms with Gasteiger partial charge in [0.15, 0.2) is 0 Å². The van der Waals surface area contributed by atoms with Crippen LogP contribution in [0.2, 0.25) is 0 Å². The van der Waals surface area contributed by atoms with Crippen LogP contribution in [0.25, 0.3) is 0 Å². The molecule has 1 fully saturated rings. The van der Waals surface area contributed by atoms with Crippen LogP contribution in [0.5, 0.6) is 0 Å². The molecule has 4 N–H and O–H groups in total. The first-order valence-corrected chi connectivity index (χ1v) is 7.84. The smallest absolute Gasteiger partial charge is 0.248 e. The zero-order valence-corrected chi connectivity index (χ0v) is 13.2. The first-order valence-electron chi connectivity index (χ1n) is 7.84. The molecular formula is C16H24N4O3. The van der Waals surface area contributed by atoms with Crippen molar-refractivity contribution in [3.05, 3.63) is 29.8 Å². The normalized spacial score (nSPS) is 16.2. The van der Waals surface area contributed by atoms with Crippen LogP contribution in [0.15, 0.2) is 24.3 Å². The van der Waals surface area contributed by atoms with Crippen molar-refractivity contribution < 1.29 is 14.7 Å². The number of aliphatic hydroxyl groups excluding tert-OH is 1. The van der Waals surface area contributed by atoms with Crippen LogP contribution < -0.4 is 11.1 Å². The van der Waals surface area contributed by atoms with E-state index < -0.39 is 5.91 Å². The molecule has 1 heterocycles. The Morgan fingerprint density at radius 1 is 1.04 bits per heavy atom. The van der Waals surface area contributed by atoms with Gasteiger partial charge in [0.2, 0.25) is 11.8 Å². The van der Waals surface area contributed by atoms with Crippen molar-refractivity contribution in [2.24, 2.45) is 5.73 Å². The van der Waals surface area contributed by atoms with Crippen molar-refractivity contribution in [2.45, 2.75) is 6.42 Å². The van der Waals surface area contributed by atoms with Crippen LogP contribution in [-0.4, -0.2) is 72.6 Å². The number of nitrogens with zero attached hydrogens (tertiary/aromatic N) is 2. The third-order valence-corrected chi connectivity index (χ3v) is 3.99. The van der Waals surface area contributed by atoms with Gasteiger partial charge in [-0.25, -0.2) is 0 Å². The molecule has 2 rings (SSSR count). The molecule has 0 aromatic heterocycles. The number of aliphatic hydroxyl groups is 1. The van der Waals surface area contributed by atoms with Crippen LogP contribution in [0.3, 0.4) is 0 Å². The van der Waals surface area contributed by atoms with Crippen LogP contribution in [-0.2, 0) is 4.79 Å². The summed E-state index contributed by atoms with van der Waals surface area (Å²) in [5.41, 5.74) is 6.26. The Labute approximate surface area is 136 Å². The molecule has 2 amide bonds. The molecule has 0 aliphatic carbocycles. The molecule has 7 nitrogen and oxygen atoms in total. The number of piperazine rings is 1. The van der Waals surface area contributed by atoms with Crippen molar-refractivity contribution in [3.63, 3.8) is 0 Å². The van der Waals surface area contributed by atoms with E-state index in [2.05, 4.69) is 15.1 Å². The lowest BCUT2D eigenvalue weighted by Crippen LogP contribution is -2.47. The zero-order valence-electron chi connectivity index (χ0n) is 13.2. The first kappa shape index (κ1) is 17.4. The lowest BCUT2D eigenvalue weighted by molar-refractivity contribution is -0.116. The predicted molar refractivity (Wildman–Crippen MR) is 88.2 cm³/mol. The molecular weight excluding hydrogens is 296 g/mol. The summed E-state index contributed by atoms with van der Waals surface area (Å²) in [6.45, 7) is 5.32. The maximum atomic E-state index is 12.0. The van der Waals surface area contributed by atoms with E-state index >= 15 is 0 Å². The second kappa shape index (κ2) is 8.61. The predicted octanol–water partition coefficient (Wildman–Crippen LogP) is -0.276. The van der Waals surface area contributed by atoms with E-state index in [0.717, 1.165) is 39.3 Å². The van der Waals surface area contributed by atoms with Gasteiger partial charge in [-0.1, -0.05) is 0 Å². The Hall–Kier alpha value is -1.96. The van der Waals surface area contributed by atoms with Gasteiger partial charge in [0.25, 0.3) is 0 Å². The fraction of sp³-hybridized carbons (Fsp3) is 0.500. The average Bonchev–Trinajstić information content (AvgIpc) is 2.55. The summed E-state index contributed by atoms with van der Waals surface area (Å²) < 4.78 is 0. The maximum Gasteiger partial charge on any atom is 0.248 e. The van der Waals surface area contributed by atoms with Gasteiger partial charge in [0.05, 0.1) is 6.61 Å². The highest BCUT2D eigenvalue weighted by Crippen LogP contribution is 2.10. The lowest BCUT2D eigenvalue weighted by Gasteiger charge is -2.34. The number of β-amino-alcohol motifs (C(OH)–C–C–N with tert-alkyl or cyclic N) is 1. The number of carbonyl (C=O) groups is 2. The molecule has 7 heteroatoms.